The van der Waals surface area contributed by atoms with Crippen LogP contribution in [-0.4, -0.2) is 63.2 Å². The maximum Gasteiger partial charge on any atom is 0.251 e. The highest BCUT2D eigenvalue weighted by Crippen LogP contribution is 2.38. The van der Waals surface area contributed by atoms with Crippen molar-refractivity contribution >= 4 is 27.8 Å². The van der Waals surface area contributed by atoms with Crippen LogP contribution in [0.3, 0.4) is 0 Å². The fraction of sp³-hybridized carbons (Fsp3) is 0.579. The highest BCUT2D eigenvalue weighted by atomic mass is 79.9. The predicted octanol–water partition coefficient (Wildman–Crippen LogP) is 2.26. The maximum absolute atomic E-state index is 12.1. The molecule has 7 heteroatoms. The lowest BCUT2D eigenvalue weighted by Gasteiger charge is -2.25. The normalized spacial score (nSPS) is 22.8. The van der Waals surface area contributed by atoms with Crippen molar-refractivity contribution in [1.29, 1.82) is 0 Å². The van der Waals surface area contributed by atoms with Crippen molar-refractivity contribution < 1.29 is 9.53 Å². The van der Waals surface area contributed by atoms with Gasteiger partial charge in [0.25, 0.3) is 5.91 Å². The van der Waals surface area contributed by atoms with Crippen LogP contribution in [0.15, 0.2) is 33.7 Å². The smallest absolute Gasteiger partial charge is 0.251 e. The summed E-state index contributed by atoms with van der Waals surface area (Å²) in [5.74, 6) is 0.914. The van der Waals surface area contributed by atoms with Gasteiger partial charge in [0.1, 0.15) is 0 Å². The first-order valence-corrected chi connectivity index (χ1v) is 9.98. The summed E-state index contributed by atoms with van der Waals surface area (Å²) in [6, 6.07) is 7.38. The van der Waals surface area contributed by atoms with Crippen molar-refractivity contribution in [3.05, 3.63) is 34.3 Å². The zero-order chi connectivity index (χ0) is 18.4. The van der Waals surface area contributed by atoms with E-state index < -0.39 is 0 Å². The van der Waals surface area contributed by atoms with Gasteiger partial charge in [-0.3, -0.25) is 9.79 Å². The quantitative estimate of drug-likeness (QED) is 0.433. The lowest BCUT2D eigenvalue weighted by atomic mass is 9.87. The average molecular weight is 423 g/mol. The Labute approximate surface area is 163 Å². The minimum atomic E-state index is -0.0374. The van der Waals surface area contributed by atoms with Gasteiger partial charge in [-0.2, -0.15) is 0 Å². The van der Waals surface area contributed by atoms with Crippen molar-refractivity contribution in [2.24, 2.45) is 10.4 Å². The van der Waals surface area contributed by atoms with Gasteiger partial charge in [-0.25, -0.2) is 0 Å². The molecule has 142 valence electrons. The van der Waals surface area contributed by atoms with Gasteiger partial charge < -0.3 is 20.3 Å². The Morgan fingerprint density at radius 1 is 1.27 bits per heavy atom. The summed E-state index contributed by atoms with van der Waals surface area (Å²) < 4.78 is 6.56. The minimum Gasteiger partial charge on any atom is -0.381 e. The zero-order valence-corrected chi connectivity index (χ0v) is 16.8. The average Bonchev–Trinajstić information content (AvgIpc) is 3.28. The summed E-state index contributed by atoms with van der Waals surface area (Å²) in [4.78, 5) is 18.8. The molecule has 0 bridgehead atoms. The Balaban J connectivity index is 1.36. The number of hydrogen-bond acceptors (Lipinski definition) is 3. The number of carbonyl (C=O) groups excluding carboxylic acids is 1. The Morgan fingerprint density at radius 2 is 2.04 bits per heavy atom. The molecule has 1 spiro atoms. The van der Waals surface area contributed by atoms with Crippen LogP contribution in [0, 0.1) is 5.41 Å². The minimum absolute atomic E-state index is 0.0374. The lowest BCUT2D eigenvalue weighted by molar-refractivity contribution is 0.0953. The second-order valence-corrected chi connectivity index (χ2v) is 7.98. The molecule has 6 nitrogen and oxygen atoms in total. The topological polar surface area (TPSA) is 66.0 Å². The molecule has 1 unspecified atom stereocenters. The number of hydrogen-bond donors (Lipinski definition) is 2. The Hall–Kier alpha value is -1.60. The number of halogens is 1. The molecule has 3 rings (SSSR count). The van der Waals surface area contributed by atoms with E-state index in [2.05, 4.69) is 36.5 Å². The van der Waals surface area contributed by atoms with Crippen LogP contribution in [0.5, 0.6) is 0 Å². The summed E-state index contributed by atoms with van der Waals surface area (Å²) in [7, 11) is 1.83. The van der Waals surface area contributed by atoms with Crippen LogP contribution in [0.4, 0.5) is 0 Å². The van der Waals surface area contributed by atoms with Gasteiger partial charge in [0.05, 0.1) is 6.61 Å². The highest BCUT2D eigenvalue weighted by molar-refractivity contribution is 9.10. The third kappa shape index (κ3) is 4.76. The third-order valence-corrected chi connectivity index (χ3v) is 5.69. The number of ether oxygens (including phenoxy) is 1. The molecule has 0 aromatic heterocycles. The molecule has 2 fully saturated rings. The molecule has 0 saturated carbocycles. The van der Waals surface area contributed by atoms with Gasteiger partial charge in [0, 0.05) is 55.3 Å². The maximum atomic E-state index is 12.1. The van der Waals surface area contributed by atoms with Crippen molar-refractivity contribution in [3.63, 3.8) is 0 Å². The van der Waals surface area contributed by atoms with Gasteiger partial charge in [-0.05, 0) is 43.5 Å². The predicted molar refractivity (Wildman–Crippen MR) is 107 cm³/mol. The van der Waals surface area contributed by atoms with E-state index >= 15 is 0 Å². The molecule has 0 aliphatic carbocycles. The lowest BCUT2D eigenvalue weighted by Crippen LogP contribution is -2.42. The molecule has 1 aromatic carbocycles. The van der Waals surface area contributed by atoms with Crippen LogP contribution >= 0.6 is 15.9 Å². The number of aliphatic imine (C=N–C) groups is 1. The Morgan fingerprint density at radius 3 is 2.73 bits per heavy atom. The van der Waals surface area contributed by atoms with E-state index in [-0.39, 0.29) is 5.91 Å². The molecule has 2 aliphatic heterocycles. The number of carbonyl (C=O) groups is 1. The van der Waals surface area contributed by atoms with Crippen LogP contribution in [0.2, 0.25) is 0 Å². The van der Waals surface area contributed by atoms with Crippen molar-refractivity contribution in [2.75, 3.05) is 46.4 Å². The van der Waals surface area contributed by atoms with Gasteiger partial charge in [0.15, 0.2) is 5.96 Å². The van der Waals surface area contributed by atoms with Crippen molar-refractivity contribution in [2.45, 2.75) is 19.3 Å². The number of rotatable bonds is 5. The van der Waals surface area contributed by atoms with Gasteiger partial charge in [0.2, 0.25) is 0 Å². The van der Waals surface area contributed by atoms with Crippen LogP contribution in [0.25, 0.3) is 0 Å². The first kappa shape index (κ1) is 19.2. The monoisotopic (exact) mass is 422 g/mol. The fourth-order valence-electron chi connectivity index (χ4n) is 3.61. The van der Waals surface area contributed by atoms with Crippen molar-refractivity contribution in [1.82, 2.24) is 15.5 Å². The second-order valence-electron chi connectivity index (χ2n) is 7.06. The molecular weight excluding hydrogens is 396 g/mol. The van der Waals surface area contributed by atoms with E-state index in [0.29, 0.717) is 17.5 Å². The molecular formula is C19H27BrN4O2. The van der Waals surface area contributed by atoms with Crippen molar-refractivity contribution in [3.8, 4) is 0 Å². The largest absolute Gasteiger partial charge is 0.381 e. The number of nitrogens with one attached hydrogen (secondary N) is 2. The number of likely N-dealkylation sites (tertiary alicyclic amines) is 1. The molecule has 0 radical (unpaired) electrons. The van der Waals surface area contributed by atoms with E-state index in [0.717, 1.165) is 56.1 Å². The third-order valence-electron chi connectivity index (χ3n) is 5.16. The fourth-order valence-corrected chi connectivity index (χ4v) is 3.88. The molecule has 2 N–H and O–H groups in total. The standard InChI is InChI=1S/C19H27BrN4O2/c1-21-18(24-11-7-19(13-24)8-12-26-14-19)23-10-2-9-22-17(25)15-3-5-16(20)6-4-15/h3-6H,2,7-14H2,1H3,(H,21,23)(H,22,25). The molecule has 26 heavy (non-hydrogen) atoms. The molecule has 1 aromatic rings. The van der Waals surface area contributed by atoms with E-state index in [9.17, 15) is 4.79 Å². The molecule has 2 heterocycles. The number of nitrogens with zero attached hydrogens (tertiary/aromatic N) is 2. The number of guanidine groups is 1. The van der Waals surface area contributed by atoms with Gasteiger partial charge in [-0.15, -0.1) is 0 Å². The van der Waals surface area contributed by atoms with Gasteiger partial charge in [-0.1, -0.05) is 15.9 Å². The second kappa shape index (κ2) is 8.86. The summed E-state index contributed by atoms with van der Waals surface area (Å²) >= 11 is 3.37. The van der Waals surface area contributed by atoms with E-state index in [1.807, 2.05) is 31.3 Å². The summed E-state index contributed by atoms with van der Waals surface area (Å²) in [5, 5.41) is 6.37. The summed E-state index contributed by atoms with van der Waals surface area (Å²) in [6.07, 6.45) is 3.18. The van der Waals surface area contributed by atoms with Crippen LogP contribution in [0.1, 0.15) is 29.6 Å². The Kier molecular flexibility index (Phi) is 6.53. The van der Waals surface area contributed by atoms with E-state index in [1.54, 1.807) is 0 Å². The van der Waals surface area contributed by atoms with Crippen LogP contribution in [-0.2, 0) is 4.74 Å². The molecule has 2 saturated heterocycles. The first-order valence-electron chi connectivity index (χ1n) is 9.19. The zero-order valence-electron chi connectivity index (χ0n) is 15.3. The van der Waals surface area contributed by atoms with E-state index in [1.165, 1.54) is 6.42 Å². The first-order chi connectivity index (χ1) is 12.6. The Bertz CT molecular complexity index is 641. The number of benzene rings is 1. The highest BCUT2D eigenvalue weighted by Gasteiger charge is 2.42. The molecule has 2 aliphatic rings. The summed E-state index contributed by atoms with van der Waals surface area (Å²) in [6.45, 7) is 5.24. The SMILES string of the molecule is CN=C(NCCCNC(=O)c1ccc(Br)cc1)N1CCC2(CCOC2)C1. The number of amides is 1. The molecule has 1 atom stereocenters. The van der Waals surface area contributed by atoms with E-state index in [4.69, 9.17) is 4.74 Å². The molecule has 1 amide bonds. The van der Waals surface area contributed by atoms with Crippen LogP contribution < -0.4 is 10.6 Å². The summed E-state index contributed by atoms with van der Waals surface area (Å²) in [5.41, 5.74) is 1.01. The van der Waals surface area contributed by atoms with Gasteiger partial charge >= 0.3 is 0 Å².